The molecule has 0 atom stereocenters. The Hall–Kier alpha value is -1.68. The molecule has 0 radical (unpaired) electrons. The zero-order valence-corrected chi connectivity index (χ0v) is 13.5. The summed E-state index contributed by atoms with van der Waals surface area (Å²) in [6, 6.07) is 6.32. The third-order valence-electron chi connectivity index (χ3n) is 3.30. The first-order valence-corrected chi connectivity index (χ1v) is 7.08. The molecule has 0 aliphatic heterocycles. The summed E-state index contributed by atoms with van der Waals surface area (Å²) in [7, 11) is 0. The first-order chi connectivity index (χ1) is 9.20. The highest BCUT2D eigenvalue weighted by atomic mass is 32.1. The first-order valence-electron chi connectivity index (χ1n) is 6.67. The molecule has 1 heterocycles. The zero-order chi connectivity index (χ0) is 15.1. The maximum absolute atomic E-state index is 5.87. The summed E-state index contributed by atoms with van der Waals surface area (Å²) in [5, 5.41) is 4.71. The fourth-order valence-corrected chi connectivity index (χ4v) is 2.33. The van der Waals surface area contributed by atoms with Crippen LogP contribution < -0.4 is 5.73 Å². The van der Waals surface area contributed by atoms with Gasteiger partial charge in [0.05, 0.1) is 11.1 Å². The van der Waals surface area contributed by atoms with Crippen LogP contribution in [0, 0.1) is 13.8 Å². The summed E-state index contributed by atoms with van der Waals surface area (Å²) in [6.45, 7) is 10.5. The number of aryl methyl sites for hydroxylation is 2. The minimum atomic E-state index is -0.101. The highest BCUT2D eigenvalue weighted by molar-refractivity contribution is 7.80. The largest absolute Gasteiger partial charge is 0.389 e. The van der Waals surface area contributed by atoms with Gasteiger partial charge in [-0.25, -0.2) is 0 Å². The van der Waals surface area contributed by atoms with Gasteiger partial charge in [0.25, 0.3) is 0 Å². The molecule has 0 unspecified atom stereocenters. The minimum absolute atomic E-state index is 0.101. The molecule has 0 bridgehead atoms. The van der Waals surface area contributed by atoms with Crippen LogP contribution in [0.3, 0.4) is 0 Å². The molecule has 4 heteroatoms. The molecule has 0 aliphatic carbocycles. The van der Waals surface area contributed by atoms with Gasteiger partial charge in [0.15, 0.2) is 0 Å². The second-order valence-electron chi connectivity index (χ2n) is 6.19. The van der Waals surface area contributed by atoms with Crippen LogP contribution in [0.4, 0.5) is 0 Å². The Morgan fingerprint density at radius 2 is 1.90 bits per heavy atom. The second kappa shape index (κ2) is 5.02. The van der Waals surface area contributed by atoms with Crippen LogP contribution >= 0.6 is 12.2 Å². The summed E-state index contributed by atoms with van der Waals surface area (Å²) in [5.74, 6) is 0. The lowest BCUT2D eigenvalue weighted by atomic mass is 10.0. The van der Waals surface area contributed by atoms with Gasteiger partial charge in [-0.2, -0.15) is 5.10 Å². The lowest BCUT2D eigenvalue weighted by molar-refractivity contribution is 0.356. The number of nitrogens with zero attached hydrogens (tertiary/aromatic N) is 2. The molecule has 0 spiro atoms. The fraction of sp³-hybridized carbons (Fsp3) is 0.375. The van der Waals surface area contributed by atoms with Crippen LogP contribution in [-0.2, 0) is 5.54 Å². The number of hydrogen-bond acceptors (Lipinski definition) is 2. The standard InChI is InChI=1S/C16H21N3S/c1-10-6-7-12(11(2)8-10)14-13(15(17)20)9-19(18-14)16(3,4)5/h6-9H,1-5H3,(H2,17,20). The lowest BCUT2D eigenvalue weighted by Gasteiger charge is -2.18. The van der Waals surface area contributed by atoms with E-state index in [9.17, 15) is 0 Å². The summed E-state index contributed by atoms with van der Waals surface area (Å²) >= 11 is 5.18. The molecule has 3 nitrogen and oxygen atoms in total. The van der Waals surface area contributed by atoms with Gasteiger partial charge >= 0.3 is 0 Å². The van der Waals surface area contributed by atoms with E-state index in [1.807, 2.05) is 10.9 Å². The summed E-state index contributed by atoms with van der Waals surface area (Å²) < 4.78 is 1.93. The van der Waals surface area contributed by atoms with E-state index in [0.717, 1.165) is 16.8 Å². The Balaban J connectivity index is 2.66. The monoisotopic (exact) mass is 287 g/mol. The maximum atomic E-state index is 5.87. The second-order valence-corrected chi connectivity index (χ2v) is 6.63. The number of aromatic nitrogens is 2. The van der Waals surface area contributed by atoms with E-state index in [0.29, 0.717) is 4.99 Å². The highest BCUT2D eigenvalue weighted by Crippen LogP contribution is 2.28. The molecule has 0 saturated carbocycles. The number of thiocarbonyl (C=S) groups is 1. The first kappa shape index (κ1) is 14.7. The van der Waals surface area contributed by atoms with Crippen molar-refractivity contribution in [2.45, 2.75) is 40.2 Å². The Bertz CT molecular complexity index is 663. The van der Waals surface area contributed by atoms with Gasteiger partial charge in [-0.1, -0.05) is 36.0 Å². The molecule has 1 aromatic heterocycles. The van der Waals surface area contributed by atoms with Gasteiger partial charge in [-0.15, -0.1) is 0 Å². The van der Waals surface area contributed by atoms with Crippen LogP contribution in [0.5, 0.6) is 0 Å². The molecular weight excluding hydrogens is 266 g/mol. The normalized spacial score (nSPS) is 11.7. The van der Waals surface area contributed by atoms with Gasteiger partial charge in [-0.3, -0.25) is 4.68 Å². The van der Waals surface area contributed by atoms with E-state index in [4.69, 9.17) is 23.1 Å². The highest BCUT2D eigenvalue weighted by Gasteiger charge is 2.20. The third kappa shape index (κ3) is 2.75. The van der Waals surface area contributed by atoms with Crippen LogP contribution in [0.25, 0.3) is 11.3 Å². The molecule has 0 fully saturated rings. The molecule has 0 saturated heterocycles. The Morgan fingerprint density at radius 3 is 2.40 bits per heavy atom. The Morgan fingerprint density at radius 1 is 1.25 bits per heavy atom. The van der Waals surface area contributed by atoms with Crippen molar-refractivity contribution in [1.29, 1.82) is 0 Å². The number of rotatable bonds is 2. The summed E-state index contributed by atoms with van der Waals surface area (Å²) in [4.78, 5) is 0.385. The molecule has 2 aromatic rings. The van der Waals surface area contributed by atoms with Gasteiger partial charge in [0, 0.05) is 11.8 Å². The molecule has 106 valence electrons. The molecule has 0 amide bonds. The van der Waals surface area contributed by atoms with Crippen molar-refractivity contribution >= 4 is 17.2 Å². The molecule has 20 heavy (non-hydrogen) atoms. The van der Waals surface area contributed by atoms with E-state index in [2.05, 4.69) is 52.8 Å². The van der Waals surface area contributed by atoms with Crippen LogP contribution in [0.1, 0.15) is 37.5 Å². The van der Waals surface area contributed by atoms with Crippen molar-refractivity contribution in [2.24, 2.45) is 5.73 Å². The van der Waals surface area contributed by atoms with Gasteiger partial charge in [0.2, 0.25) is 0 Å². The zero-order valence-electron chi connectivity index (χ0n) is 12.7. The lowest BCUT2D eigenvalue weighted by Crippen LogP contribution is -2.22. The molecule has 0 aliphatic rings. The van der Waals surface area contributed by atoms with Crippen LogP contribution in [0.15, 0.2) is 24.4 Å². The predicted octanol–water partition coefficient (Wildman–Crippen LogP) is 3.56. The average Bonchev–Trinajstić information content (AvgIpc) is 2.73. The molecule has 1 aromatic carbocycles. The maximum Gasteiger partial charge on any atom is 0.107 e. The van der Waals surface area contributed by atoms with Crippen molar-refractivity contribution in [1.82, 2.24) is 9.78 Å². The number of benzene rings is 1. The predicted molar refractivity (Wildman–Crippen MR) is 88.0 cm³/mol. The Labute approximate surface area is 125 Å². The van der Waals surface area contributed by atoms with E-state index >= 15 is 0 Å². The van der Waals surface area contributed by atoms with E-state index in [1.54, 1.807) is 0 Å². The summed E-state index contributed by atoms with van der Waals surface area (Å²) in [5.41, 5.74) is 11.0. The molecule has 2 rings (SSSR count). The SMILES string of the molecule is Cc1ccc(-c2nn(C(C)(C)C)cc2C(N)=S)c(C)c1. The third-order valence-corrected chi connectivity index (χ3v) is 3.52. The quantitative estimate of drug-likeness (QED) is 0.859. The number of hydrogen-bond donors (Lipinski definition) is 1. The molecule has 2 N–H and O–H groups in total. The topological polar surface area (TPSA) is 43.8 Å². The smallest absolute Gasteiger partial charge is 0.107 e. The van der Waals surface area contributed by atoms with Crippen molar-refractivity contribution in [3.8, 4) is 11.3 Å². The average molecular weight is 287 g/mol. The summed E-state index contributed by atoms with van der Waals surface area (Å²) in [6.07, 6.45) is 1.94. The van der Waals surface area contributed by atoms with Crippen LogP contribution in [-0.4, -0.2) is 14.8 Å². The Kier molecular flexibility index (Phi) is 3.69. The molecular formula is C16H21N3S. The van der Waals surface area contributed by atoms with Gasteiger partial charge in [0.1, 0.15) is 10.7 Å². The van der Waals surface area contributed by atoms with Crippen molar-refractivity contribution in [3.63, 3.8) is 0 Å². The van der Waals surface area contributed by atoms with E-state index in [-0.39, 0.29) is 5.54 Å². The van der Waals surface area contributed by atoms with Crippen LogP contribution in [0.2, 0.25) is 0 Å². The van der Waals surface area contributed by atoms with Crippen molar-refractivity contribution in [3.05, 3.63) is 41.1 Å². The van der Waals surface area contributed by atoms with Crippen molar-refractivity contribution in [2.75, 3.05) is 0 Å². The van der Waals surface area contributed by atoms with E-state index in [1.165, 1.54) is 11.1 Å². The van der Waals surface area contributed by atoms with Gasteiger partial charge in [-0.05, 0) is 40.2 Å². The number of nitrogens with two attached hydrogens (primary N) is 1. The fourth-order valence-electron chi connectivity index (χ4n) is 2.18. The minimum Gasteiger partial charge on any atom is -0.389 e. The van der Waals surface area contributed by atoms with Crippen molar-refractivity contribution < 1.29 is 0 Å². The van der Waals surface area contributed by atoms with Gasteiger partial charge < -0.3 is 5.73 Å². The van der Waals surface area contributed by atoms with E-state index < -0.39 is 0 Å².